The highest BCUT2D eigenvalue weighted by Crippen LogP contribution is 2.22. The second kappa shape index (κ2) is 16.5. The van der Waals surface area contributed by atoms with Gasteiger partial charge >= 0.3 is 6.03 Å². The number of nitrogens with one attached hydrogen (secondary N) is 2. The van der Waals surface area contributed by atoms with Crippen LogP contribution in [0.2, 0.25) is 5.02 Å². The maximum atomic E-state index is 12.2. The Balaban J connectivity index is 0.00000242. The number of urea groups is 1. The molecule has 8 nitrogen and oxygen atoms in total. The molecule has 0 fully saturated rings. The zero-order valence-corrected chi connectivity index (χ0v) is 21.4. The summed E-state index contributed by atoms with van der Waals surface area (Å²) in [4.78, 5) is 16.2. The molecular formula is C24H37ClN6O2. The molecule has 9 heteroatoms. The summed E-state index contributed by atoms with van der Waals surface area (Å²) in [6.07, 6.45) is 3.27. The molecule has 1 aromatic carbocycles. The average molecular weight is 477 g/mol. The number of carbonyl (C=O) groups is 1. The van der Waals surface area contributed by atoms with E-state index in [9.17, 15) is 4.79 Å². The molecular weight excluding hydrogens is 440 g/mol. The van der Waals surface area contributed by atoms with Crippen molar-refractivity contribution in [2.24, 2.45) is 16.9 Å². The molecule has 0 bridgehead atoms. The minimum Gasteiger partial charge on any atom is -0.487 e. The third kappa shape index (κ3) is 11.4. The van der Waals surface area contributed by atoms with Gasteiger partial charge in [0.2, 0.25) is 0 Å². The number of amides is 2. The number of hydrazine groups is 1. The summed E-state index contributed by atoms with van der Waals surface area (Å²) < 4.78 is 5.66. The third-order valence-corrected chi connectivity index (χ3v) is 4.34. The predicted octanol–water partition coefficient (Wildman–Crippen LogP) is 6.17. The van der Waals surface area contributed by atoms with E-state index in [4.69, 9.17) is 22.2 Å². The largest absolute Gasteiger partial charge is 0.487 e. The number of anilines is 1. The Kier molecular flexibility index (Phi) is 15.0. The van der Waals surface area contributed by atoms with Crippen LogP contribution in [-0.4, -0.2) is 21.8 Å². The molecule has 0 aliphatic heterocycles. The monoisotopic (exact) mass is 476 g/mol. The van der Waals surface area contributed by atoms with Crippen LogP contribution in [-0.2, 0) is 6.61 Å². The summed E-state index contributed by atoms with van der Waals surface area (Å²) in [7, 11) is 0. The second-order valence-electron chi connectivity index (χ2n) is 6.55. The van der Waals surface area contributed by atoms with Gasteiger partial charge in [-0.15, -0.1) is 0 Å². The van der Waals surface area contributed by atoms with Crippen molar-refractivity contribution in [3.05, 3.63) is 65.7 Å². The molecule has 2 amide bonds. The van der Waals surface area contributed by atoms with Gasteiger partial charge in [-0.2, -0.15) is 10.2 Å². The Hall–Kier alpha value is -3.10. The van der Waals surface area contributed by atoms with Crippen LogP contribution in [0.3, 0.4) is 0 Å². The first-order valence-electron chi connectivity index (χ1n) is 10.9. The summed E-state index contributed by atoms with van der Waals surface area (Å²) in [5.41, 5.74) is 2.06. The van der Waals surface area contributed by atoms with E-state index in [-0.39, 0.29) is 18.3 Å². The molecule has 0 saturated heterocycles. The number of hydrazone groups is 1. The molecule has 1 heterocycles. The summed E-state index contributed by atoms with van der Waals surface area (Å²) in [5.74, 6) is 6.78. The normalized spacial score (nSPS) is 10.2. The van der Waals surface area contributed by atoms with Crippen molar-refractivity contribution in [2.45, 2.75) is 55.1 Å². The minimum absolute atomic E-state index is 0.136. The van der Waals surface area contributed by atoms with Gasteiger partial charge in [-0.05, 0) is 43.2 Å². The van der Waals surface area contributed by atoms with Gasteiger partial charge in [-0.25, -0.2) is 10.6 Å². The fourth-order valence-corrected chi connectivity index (χ4v) is 2.23. The summed E-state index contributed by atoms with van der Waals surface area (Å²) in [6, 6.07) is 8.15. The highest BCUT2D eigenvalue weighted by atomic mass is 35.5. The van der Waals surface area contributed by atoms with Gasteiger partial charge in [0.1, 0.15) is 18.2 Å². The Labute approximate surface area is 202 Å². The van der Waals surface area contributed by atoms with Crippen LogP contribution in [0.4, 0.5) is 10.5 Å². The maximum Gasteiger partial charge on any atom is 0.324 e. The number of nitrogens with two attached hydrogens (primary N) is 1. The number of hydrogen-bond acceptors (Lipinski definition) is 6. The van der Waals surface area contributed by atoms with Crippen LogP contribution in [0, 0.1) is 5.92 Å². The van der Waals surface area contributed by atoms with Gasteiger partial charge in [0.25, 0.3) is 0 Å². The first-order chi connectivity index (χ1) is 15.8. The number of pyridine rings is 1. The van der Waals surface area contributed by atoms with E-state index in [0.717, 1.165) is 10.8 Å². The van der Waals surface area contributed by atoms with Crippen molar-refractivity contribution < 1.29 is 9.53 Å². The van der Waals surface area contributed by atoms with Crippen LogP contribution in [0.5, 0.6) is 5.75 Å². The second-order valence-corrected chi connectivity index (χ2v) is 6.96. The van der Waals surface area contributed by atoms with Gasteiger partial charge < -0.3 is 10.1 Å². The lowest BCUT2D eigenvalue weighted by Gasteiger charge is -2.18. The van der Waals surface area contributed by atoms with Crippen LogP contribution in [0.25, 0.3) is 0 Å². The van der Waals surface area contributed by atoms with Crippen LogP contribution in [0.15, 0.2) is 60.2 Å². The predicted molar refractivity (Wildman–Crippen MR) is 138 cm³/mol. The van der Waals surface area contributed by atoms with Gasteiger partial charge in [0.05, 0.1) is 6.20 Å². The number of halogens is 1. The zero-order valence-electron chi connectivity index (χ0n) is 20.6. The molecule has 33 heavy (non-hydrogen) atoms. The topological polar surface area (TPSA) is 105 Å². The van der Waals surface area contributed by atoms with E-state index >= 15 is 0 Å². The van der Waals surface area contributed by atoms with Crippen molar-refractivity contribution >= 4 is 29.0 Å². The highest BCUT2D eigenvalue weighted by Gasteiger charge is 2.10. The van der Waals surface area contributed by atoms with Gasteiger partial charge in [0.15, 0.2) is 0 Å². The third-order valence-electron chi connectivity index (χ3n) is 3.97. The van der Waals surface area contributed by atoms with Crippen molar-refractivity contribution in [1.29, 1.82) is 0 Å². The number of aromatic nitrogens is 1. The van der Waals surface area contributed by atoms with E-state index < -0.39 is 6.03 Å². The molecule has 4 N–H and O–H groups in total. The quantitative estimate of drug-likeness (QED) is 0.240. The molecule has 0 aliphatic carbocycles. The molecule has 0 aliphatic rings. The number of benzene rings is 1. The SMILES string of the molecule is C=C(NC(=O)Nc1ccc(Cl)c(COc2cccnc2)c1)N(N)/N=C(\C)C(C)C.CC.CC. The number of ether oxygens (including phenoxy) is 1. The maximum absolute atomic E-state index is 12.2. The average Bonchev–Trinajstić information content (AvgIpc) is 2.82. The molecule has 0 saturated carbocycles. The lowest BCUT2D eigenvalue weighted by Crippen LogP contribution is -2.38. The van der Waals surface area contributed by atoms with E-state index in [1.54, 1.807) is 42.7 Å². The summed E-state index contributed by atoms with van der Waals surface area (Å²) >= 11 is 6.22. The number of carbonyl (C=O) groups excluding carboxylic acids is 1. The van der Waals surface area contributed by atoms with Crippen LogP contribution < -0.4 is 21.2 Å². The van der Waals surface area contributed by atoms with E-state index in [1.807, 2.05) is 48.5 Å². The lowest BCUT2D eigenvalue weighted by atomic mass is 10.1. The number of hydrogen-bond donors (Lipinski definition) is 3. The zero-order chi connectivity index (χ0) is 25.4. The molecule has 182 valence electrons. The minimum atomic E-state index is -0.510. The molecule has 1 aromatic heterocycles. The molecule has 0 radical (unpaired) electrons. The highest BCUT2D eigenvalue weighted by molar-refractivity contribution is 6.31. The van der Waals surface area contributed by atoms with Gasteiger partial charge in [-0.3, -0.25) is 10.3 Å². The molecule has 2 aromatic rings. The van der Waals surface area contributed by atoms with Gasteiger partial charge in [-0.1, -0.05) is 59.7 Å². The lowest BCUT2D eigenvalue weighted by molar-refractivity contribution is 0.248. The smallest absolute Gasteiger partial charge is 0.324 e. The Morgan fingerprint density at radius 3 is 2.52 bits per heavy atom. The standard InChI is InChI=1S/C20H25ClN6O2.2C2H6/c1-13(2)14(3)26-27(22)15(4)24-20(28)25-17-7-8-19(21)16(10-17)12-29-18-6-5-9-23-11-18;2*1-2/h5-11,13H,4,12,22H2,1-3H3,(H2,24,25,28);2*1-2H3/b26-14+;;. The van der Waals surface area contributed by atoms with Crippen LogP contribution in [0.1, 0.15) is 54.0 Å². The molecule has 0 unspecified atom stereocenters. The molecule has 0 atom stereocenters. The Morgan fingerprint density at radius 1 is 1.27 bits per heavy atom. The van der Waals surface area contributed by atoms with Crippen molar-refractivity contribution in [2.75, 3.05) is 5.32 Å². The van der Waals surface area contributed by atoms with E-state index in [1.165, 1.54) is 0 Å². The van der Waals surface area contributed by atoms with Crippen LogP contribution >= 0.6 is 11.6 Å². The summed E-state index contributed by atoms with van der Waals surface area (Å²) in [6.45, 7) is 17.8. The number of rotatable bonds is 8. The first kappa shape index (κ1) is 29.9. The first-order valence-corrected chi connectivity index (χ1v) is 11.3. The number of nitrogens with zero attached hydrogens (tertiary/aromatic N) is 3. The molecule has 2 rings (SSSR count). The Bertz CT molecular complexity index is 888. The van der Waals surface area contributed by atoms with Crippen molar-refractivity contribution in [3.63, 3.8) is 0 Å². The Morgan fingerprint density at radius 2 is 1.94 bits per heavy atom. The fraction of sp³-hybridized carbons (Fsp3) is 0.375. The van der Waals surface area contributed by atoms with E-state index in [2.05, 4.69) is 27.3 Å². The van der Waals surface area contributed by atoms with E-state index in [0.29, 0.717) is 22.0 Å². The van der Waals surface area contributed by atoms with Crippen molar-refractivity contribution in [3.8, 4) is 5.75 Å². The molecule has 0 spiro atoms. The van der Waals surface area contributed by atoms with Gasteiger partial charge in [0, 0.05) is 28.2 Å². The summed E-state index contributed by atoms with van der Waals surface area (Å²) in [5, 5.41) is 11.0. The fourth-order valence-electron chi connectivity index (χ4n) is 2.05. The van der Waals surface area contributed by atoms with Crippen molar-refractivity contribution in [1.82, 2.24) is 15.4 Å².